The number of methoxy groups -OCH3 is 2. The van der Waals surface area contributed by atoms with Crippen molar-refractivity contribution < 1.29 is 32.9 Å². The van der Waals surface area contributed by atoms with Gasteiger partial charge in [-0.05, 0) is 132 Å². The number of pyridine rings is 2. The molecule has 13 nitrogen and oxygen atoms in total. The predicted molar refractivity (Wildman–Crippen MR) is 218 cm³/mol. The number of rotatable bonds is 14. The molecule has 14 heteroatoms. The number of esters is 1. The molecule has 1 amide bonds. The molecule has 1 atom stereocenters. The summed E-state index contributed by atoms with van der Waals surface area (Å²) in [7, 11) is 3.13. The number of aryl methyl sites for hydroxylation is 2. The van der Waals surface area contributed by atoms with Crippen molar-refractivity contribution in [1.29, 1.82) is 0 Å². The van der Waals surface area contributed by atoms with Gasteiger partial charge in [0.25, 0.3) is 0 Å². The molecule has 3 aromatic heterocycles. The van der Waals surface area contributed by atoms with Gasteiger partial charge in [-0.3, -0.25) is 14.7 Å². The maximum atomic E-state index is 17.7. The van der Waals surface area contributed by atoms with Crippen LogP contribution in [0.1, 0.15) is 91.8 Å². The van der Waals surface area contributed by atoms with Crippen molar-refractivity contribution in [3.63, 3.8) is 0 Å². The molecule has 6 heterocycles. The quantitative estimate of drug-likeness (QED) is 0.0634. The molecule has 0 bridgehead atoms. The van der Waals surface area contributed by atoms with Gasteiger partial charge < -0.3 is 29.2 Å². The number of nitrogens with zero attached hydrogens (tertiary/aromatic N) is 6. The van der Waals surface area contributed by atoms with E-state index in [1.54, 1.807) is 38.6 Å². The van der Waals surface area contributed by atoms with Crippen LogP contribution < -0.4 is 24.4 Å². The number of hydrogen-bond donors (Lipinski definition) is 1. The molecule has 1 aromatic carbocycles. The highest BCUT2D eigenvalue weighted by Gasteiger charge is 2.45. The fourth-order valence-corrected chi connectivity index (χ4v) is 9.58. The first-order valence-electron chi connectivity index (χ1n) is 20.4. The summed E-state index contributed by atoms with van der Waals surface area (Å²) >= 11 is 0. The molecule has 0 radical (unpaired) electrons. The summed E-state index contributed by atoms with van der Waals surface area (Å²) in [5.41, 5.74) is 3.79. The molecule has 3 saturated heterocycles. The summed E-state index contributed by atoms with van der Waals surface area (Å²) in [4.78, 5) is 48.7. The molecule has 1 unspecified atom stereocenters. The summed E-state index contributed by atoms with van der Waals surface area (Å²) < 4.78 is 41.0. The number of carbonyl (C=O) groups is 2. The normalized spacial score (nSPS) is 20.0. The number of nitrogens with one attached hydrogen (secondary N) is 1. The van der Waals surface area contributed by atoms with Crippen LogP contribution in [0.15, 0.2) is 36.7 Å². The van der Waals surface area contributed by atoms with Crippen molar-refractivity contribution in [3.8, 4) is 28.9 Å². The minimum Gasteiger partial charge on any atom is -0.480 e. The lowest BCUT2D eigenvalue weighted by Crippen LogP contribution is -2.55. The van der Waals surface area contributed by atoms with Crippen LogP contribution in [0.4, 0.5) is 10.2 Å². The molecule has 1 aliphatic carbocycles. The van der Waals surface area contributed by atoms with E-state index in [0.717, 1.165) is 87.6 Å². The molecule has 8 rings (SSSR count). The van der Waals surface area contributed by atoms with Crippen LogP contribution in [0.25, 0.3) is 27.7 Å². The first kappa shape index (κ1) is 39.6. The number of carbonyl (C=O) groups excluding carboxylic acids is 2. The fourth-order valence-electron chi connectivity index (χ4n) is 9.58. The first-order valence-corrected chi connectivity index (χ1v) is 20.4. The number of allylic oxidation sites excluding steroid dienone is 2. The van der Waals surface area contributed by atoms with Gasteiger partial charge in [0.1, 0.15) is 34.9 Å². The first-order chi connectivity index (χ1) is 28.2. The third-order valence-electron chi connectivity index (χ3n) is 12.4. The van der Waals surface area contributed by atoms with Gasteiger partial charge in [0.05, 0.1) is 23.6 Å². The summed E-state index contributed by atoms with van der Waals surface area (Å²) in [6.45, 7) is 8.00. The Balaban J connectivity index is 1.25. The number of halogens is 1. The molecular formula is C44H52FN7O6. The molecule has 3 aliphatic heterocycles. The van der Waals surface area contributed by atoms with Crippen molar-refractivity contribution in [3.05, 3.63) is 64.7 Å². The highest BCUT2D eigenvalue weighted by Crippen LogP contribution is 2.43. The summed E-state index contributed by atoms with van der Waals surface area (Å²) in [6.07, 6.45) is 14.9. The standard InChI is InChI=1S/C44H52FN7O6/c1-28-13-17-46-40(56-4)34(28)41(54)58-31-22-30-11-5-10-29(12-6-21-55-3)35(30)32(23-31)37-36(45)38-33(24-47-37)39(51-18-7-14-43(2,25-51)48-27-53)50-42(49-38)57-26-44-15-8-19-52(44)20-9-16-44/h10,13,17,22-24,27H,5-9,11-12,14-16,18-21,25-26H2,1-4H3,(H,48,53). The lowest BCUT2D eigenvalue weighted by molar-refractivity contribution is -0.111. The zero-order valence-electron chi connectivity index (χ0n) is 33.9. The van der Waals surface area contributed by atoms with Gasteiger partial charge in [-0.15, -0.1) is 0 Å². The zero-order chi connectivity index (χ0) is 40.4. The number of ether oxygens (including phenoxy) is 4. The van der Waals surface area contributed by atoms with Crippen molar-refractivity contribution in [1.82, 2.24) is 30.2 Å². The molecule has 58 heavy (non-hydrogen) atoms. The molecule has 4 aliphatic rings. The second-order valence-electron chi connectivity index (χ2n) is 16.3. The maximum Gasteiger partial charge on any atom is 0.349 e. The molecule has 306 valence electrons. The monoisotopic (exact) mass is 793 g/mol. The van der Waals surface area contributed by atoms with Crippen molar-refractivity contribution in [2.24, 2.45) is 0 Å². The Morgan fingerprint density at radius 3 is 2.66 bits per heavy atom. The number of piperidine rings is 1. The lowest BCUT2D eigenvalue weighted by Gasteiger charge is -2.41. The third kappa shape index (κ3) is 7.59. The van der Waals surface area contributed by atoms with E-state index in [9.17, 15) is 9.59 Å². The molecule has 0 spiro atoms. The largest absolute Gasteiger partial charge is 0.480 e. The lowest BCUT2D eigenvalue weighted by atomic mass is 9.84. The zero-order valence-corrected chi connectivity index (χ0v) is 33.9. The number of amides is 1. The number of hydrogen-bond acceptors (Lipinski definition) is 12. The second kappa shape index (κ2) is 16.6. The van der Waals surface area contributed by atoms with Gasteiger partial charge >= 0.3 is 12.0 Å². The third-order valence-corrected chi connectivity index (χ3v) is 12.4. The van der Waals surface area contributed by atoms with Crippen LogP contribution in [-0.2, 0) is 16.0 Å². The van der Waals surface area contributed by atoms with Crippen LogP contribution >= 0.6 is 0 Å². The van der Waals surface area contributed by atoms with Crippen LogP contribution in [-0.4, -0.2) is 102 Å². The molecule has 1 N–H and O–H groups in total. The molecule has 3 fully saturated rings. The number of benzene rings is 1. The van der Waals surface area contributed by atoms with Gasteiger partial charge in [0.2, 0.25) is 12.3 Å². The second-order valence-corrected chi connectivity index (χ2v) is 16.3. The van der Waals surface area contributed by atoms with E-state index in [1.807, 2.05) is 13.0 Å². The van der Waals surface area contributed by atoms with Gasteiger partial charge in [-0.2, -0.15) is 9.97 Å². The fraction of sp³-hybridized carbons (Fsp3) is 0.500. The Labute approximate surface area is 338 Å². The average molecular weight is 794 g/mol. The minimum atomic E-state index is -0.633. The summed E-state index contributed by atoms with van der Waals surface area (Å²) in [5, 5.41) is 3.43. The van der Waals surface area contributed by atoms with Crippen molar-refractivity contribution in [2.45, 2.75) is 89.1 Å². The van der Waals surface area contributed by atoms with Crippen LogP contribution in [0.2, 0.25) is 0 Å². The molecule has 0 saturated carbocycles. The van der Waals surface area contributed by atoms with E-state index in [-0.39, 0.29) is 40.0 Å². The molecule has 4 aromatic rings. The van der Waals surface area contributed by atoms with Crippen LogP contribution in [0.5, 0.6) is 17.6 Å². The van der Waals surface area contributed by atoms with Gasteiger partial charge in [0, 0.05) is 44.8 Å². The van der Waals surface area contributed by atoms with E-state index < -0.39 is 17.3 Å². The topological polar surface area (TPSA) is 141 Å². The Morgan fingerprint density at radius 1 is 1.07 bits per heavy atom. The SMILES string of the molecule is COCCCC1=CCCc2cc(OC(=O)c3c(C)ccnc3OC)cc(-c3ncc4c(N5CCCC(C)(NC=O)C5)nc(OCC56CCCN5CCC6)nc4c3F)c21. The number of aromatic nitrogens is 4. The average Bonchev–Trinajstić information content (AvgIpc) is 3.81. The minimum absolute atomic E-state index is 0.0706. The van der Waals surface area contributed by atoms with E-state index in [2.05, 4.69) is 26.2 Å². The maximum absolute atomic E-state index is 17.7. The van der Waals surface area contributed by atoms with E-state index >= 15 is 4.39 Å². The summed E-state index contributed by atoms with van der Waals surface area (Å²) in [5.74, 6) is -0.342. The Hall–Kier alpha value is -5.21. The van der Waals surface area contributed by atoms with Gasteiger partial charge in [0.15, 0.2) is 5.82 Å². The Morgan fingerprint density at radius 2 is 1.88 bits per heavy atom. The number of anilines is 1. The number of fused-ring (bicyclic) bond motifs is 3. The van der Waals surface area contributed by atoms with Gasteiger partial charge in [-0.1, -0.05) is 6.08 Å². The van der Waals surface area contributed by atoms with Gasteiger partial charge in [-0.25, -0.2) is 14.2 Å². The van der Waals surface area contributed by atoms with Crippen LogP contribution in [0, 0.1) is 12.7 Å². The van der Waals surface area contributed by atoms with E-state index in [1.165, 1.54) is 7.11 Å². The smallest absolute Gasteiger partial charge is 0.349 e. The van der Waals surface area contributed by atoms with Crippen LogP contribution in [0.3, 0.4) is 0 Å². The summed E-state index contributed by atoms with van der Waals surface area (Å²) in [6, 6.07) is 5.37. The highest BCUT2D eigenvalue weighted by molar-refractivity contribution is 5.96. The van der Waals surface area contributed by atoms with Crippen molar-refractivity contribution in [2.75, 3.05) is 58.5 Å². The Bertz CT molecular complexity index is 2240. The molecular weight excluding hydrogens is 742 g/mol. The van der Waals surface area contributed by atoms with E-state index in [0.29, 0.717) is 61.5 Å². The Kier molecular flexibility index (Phi) is 11.3. The predicted octanol–water partition coefficient (Wildman–Crippen LogP) is 6.63. The highest BCUT2D eigenvalue weighted by atomic mass is 19.1. The van der Waals surface area contributed by atoms with E-state index in [4.69, 9.17) is 33.9 Å². The van der Waals surface area contributed by atoms with Crippen molar-refractivity contribution >= 4 is 34.7 Å².